The largest absolute Gasteiger partial charge is 0.330 e. The molecule has 0 saturated heterocycles. The number of sulfonamides is 1. The Bertz CT molecular complexity index is 604. The summed E-state index contributed by atoms with van der Waals surface area (Å²) in [5, 5.41) is 0.437. The molecule has 2 N–H and O–H groups in total. The molecule has 0 heterocycles. The lowest BCUT2D eigenvalue weighted by atomic mass is 9.85. The molecule has 0 aliphatic heterocycles. The van der Waals surface area contributed by atoms with Crippen LogP contribution in [0.15, 0.2) is 23.1 Å². The van der Waals surface area contributed by atoms with Gasteiger partial charge in [0.15, 0.2) is 0 Å². The monoisotopic (exact) mass is 330 g/mol. The second-order valence-electron chi connectivity index (χ2n) is 5.78. The predicted octanol–water partition coefficient (Wildman–Crippen LogP) is 2.79. The highest BCUT2D eigenvalue weighted by molar-refractivity contribution is 7.89. The Kier molecular flexibility index (Phi) is 5.30. The van der Waals surface area contributed by atoms with Crippen LogP contribution in [-0.4, -0.2) is 32.4 Å². The summed E-state index contributed by atoms with van der Waals surface area (Å²) in [7, 11) is -1.88. The summed E-state index contributed by atoms with van der Waals surface area (Å²) in [5.41, 5.74) is 6.54. The fourth-order valence-corrected chi connectivity index (χ4v) is 5.06. The van der Waals surface area contributed by atoms with Gasteiger partial charge in [0.1, 0.15) is 0 Å². The fourth-order valence-electron chi connectivity index (χ4n) is 3.13. The lowest BCUT2D eigenvalue weighted by Crippen LogP contribution is -2.45. The van der Waals surface area contributed by atoms with Gasteiger partial charge in [0, 0.05) is 18.1 Å². The molecule has 21 heavy (non-hydrogen) atoms. The first-order valence-corrected chi connectivity index (χ1v) is 9.14. The Morgan fingerprint density at radius 2 is 2.00 bits per heavy atom. The van der Waals surface area contributed by atoms with E-state index in [4.69, 9.17) is 17.3 Å². The van der Waals surface area contributed by atoms with Crippen molar-refractivity contribution < 1.29 is 8.42 Å². The molecule has 1 fully saturated rings. The number of rotatable bonds is 4. The van der Waals surface area contributed by atoms with Crippen molar-refractivity contribution in [1.82, 2.24) is 4.31 Å². The summed E-state index contributed by atoms with van der Waals surface area (Å²) >= 11 is 5.97. The van der Waals surface area contributed by atoms with Crippen molar-refractivity contribution in [3.8, 4) is 0 Å². The molecule has 0 amide bonds. The minimum absolute atomic E-state index is 0.0212. The van der Waals surface area contributed by atoms with E-state index in [0.717, 1.165) is 25.7 Å². The third kappa shape index (κ3) is 3.42. The van der Waals surface area contributed by atoms with Gasteiger partial charge in [-0.1, -0.05) is 30.5 Å². The zero-order chi connectivity index (χ0) is 15.6. The molecule has 2 unspecified atom stereocenters. The van der Waals surface area contributed by atoms with Crippen LogP contribution in [0.3, 0.4) is 0 Å². The Hall–Kier alpha value is -0.620. The zero-order valence-electron chi connectivity index (χ0n) is 12.5. The van der Waals surface area contributed by atoms with E-state index in [9.17, 15) is 8.42 Å². The van der Waals surface area contributed by atoms with Crippen LogP contribution in [0.2, 0.25) is 5.02 Å². The smallest absolute Gasteiger partial charge is 0.243 e. The van der Waals surface area contributed by atoms with Crippen molar-refractivity contribution >= 4 is 21.6 Å². The second-order valence-corrected chi connectivity index (χ2v) is 8.18. The number of hydrogen-bond donors (Lipinski definition) is 1. The summed E-state index contributed by atoms with van der Waals surface area (Å²) in [6, 6.07) is 4.96. The topological polar surface area (TPSA) is 63.4 Å². The third-order valence-corrected chi connectivity index (χ3v) is 6.71. The molecule has 6 heteroatoms. The van der Waals surface area contributed by atoms with E-state index in [1.165, 1.54) is 10.4 Å². The molecule has 0 radical (unpaired) electrons. The van der Waals surface area contributed by atoms with Gasteiger partial charge in [-0.15, -0.1) is 0 Å². The maximum atomic E-state index is 12.9. The van der Waals surface area contributed by atoms with E-state index >= 15 is 0 Å². The number of halogens is 1. The van der Waals surface area contributed by atoms with Gasteiger partial charge in [-0.25, -0.2) is 8.42 Å². The highest BCUT2D eigenvalue weighted by Crippen LogP contribution is 2.32. The molecule has 1 saturated carbocycles. The van der Waals surface area contributed by atoms with Crippen LogP contribution in [0, 0.1) is 12.8 Å². The first-order chi connectivity index (χ1) is 9.87. The highest BCUT2D eigenvalue weighted by atomic mass is 35.5. The van der Waals surface area contributed by atoms with E-state index in [0.29, 0.717) is 22.0 Å². The molecular weight excluding hydrogens is 308 g/mol. The summed E-state index contributed by atoms with van der Waals surface area (Å²) in [6.45, 7) is 2.32. The molecule has 0 aromatic heterocycles. The molecule has 1 aromatic carbocycles. The van der Waals surface area contributed by atoms with Crippen LogP contribution in [0.5, 0.6) is 0 Å². The van der Waals surface area contributed by atoms with Crippen molar-refractivity contribution in [2.75, 3.05) is 13.6 Å². The quantitative estimate of drug-likeness (QED) is 0.923. The third-order valence-electron chi connectivity index (χ3n) is 4.45. The summed E-state index contributed by atoms with van der Waals surface area (Å²) in [6.07, 6.45) is 4.05. The van der Waals surface area contributed by atoms with Gasteiger partial charge in [-0.2, -0.15) is 4.31 Å². The number of nitrogens with zero attached hydrogens (tertiary/aromatic N) is 1. The van der Waals surface area contributed by atoms with E-state index in [2.05, 4.69) is 0 Å². The zero-order valence-corrected chi connectivity index (χ0v) is 14.1. The van der Waals surface area contributed by atoms with E-state index < -0.39 is 10.0 Å². The molecule has 118 valence electrons. The normalized spacial score (nSPS) is 23.5. The van der Waals surface area contributed by atoms with Gasteiger partial charge in [0.05, 0.1) is 4.90 Å². The Morgan fingerprint density at radius 3 is 2.67 bits per heavy atom. The van der Waals surface area contributed by atoms with Gasteiger partial charge < -0.3 is 5.73 Å². The predicted molar refractivity (Wildman–Crippen MR) is 85.9 cm³/mol. The van der Waals surface area contributed by atoms with Crippen molar-refractivity contribution in [2.45, 2.75) is 43.5 Å². The molecule has 0 spiro atoms. The minimum Gasteiger partial charge on any atom is -0.330 e. The lowest BCUT2D eigenvalue weighted by Gasteiger charge is -2.36. The molecule has 2 atom stereocenters. The van der Waals surface area contributed by atoms with Gasteiger partial charge in [-0.3, -0.25) is 0 Å². The number of nitrogens with two attached hydrogens (primary N) is 1. The van der Waals surface area contributed by atoms with Crippen LogP contribution in [0.4, 0.5) is 0 Å². The average molecular weight is 331 g/mol. The summed E-state index contributed by atoms with van der Waals surface area (Å²) < 4.78 is 27.3. The van der Waals surface area contributed by atoms with Crippen molar-refractivity contribution in [2.24, 2.45) is 11.7 Å². The first-order valence-electron chi connectivity index (χ1n) is 7.32. The van der Waals surface area contributed by atoms with Gasteiger partial charge in [0.25, 0.3) is 0 Å². The molecule has 1 aliphatic carbocycles. The fraction of sp³-hybridized carbons (Fsp3) is 0.600. The van der Waals surface area contributed by atoms with Crippen LogP contribution in [-0.2, 0) is 10.0 Å². The van der Waals surface area contributed by atoms with Gasteiger partial charge >= 0.3 is 0 Å². The second kappa shape index (κ2) is 6.65. The maximum absolute atomic E-state index is 12.9. The van der Waals surface area contributed by atoms with Crippen LogP contribution >= 0.6 is 11.6 Å². The van der Waals surface area contributed by atoms with Crippen molar-refractivity contribution in [3.63, 3.8) is 0 Å². The standard InChI is InChI=1S/C15H23ClN2O2S/c1-11-7-8-13(16)9-15(11)21(19,20)18(2)14-6-4-3-5-12(14)10-17/h7-9,12,14H,3-6,10,17H2,1-2H3. The summed E-state index contributed by atoms with van der Waals surface area (Å²) in [4.78, 5) is 0.291. The molecule has 1 aliphatic rings. The van der Waals surface area contributed by atoms with Gasteiger partial charge in [0.2, 0.25) is 10.0 Å². The molecule has 4 nitrogen and oxygen atoms in total. The van der Waals surface area contributed by atoms with E-state index in [1.54, 1.807) is 26.1 Å². The average Bonchev–Trinajstić information content (AvgIpc) is 2.48. The van der Waals surface area contributed by atoms with Crippen LogP contribution in [0.25, 0.3) is 0 Å². The van der Waals surface area contributed by atoms with Gasteiger partial charge in [-0.05, 0) is 49.9 Å². The molecule has 2 rings (SSSR count). The van der Waals surface area contributed by atoms with E-state index in [1.807, 2.05) is 0 Å². The minimum atomic E-state index is -3.54. The highest BCUT2D eigenvalue weighted by Gasteiger charge is 2.35. The molecule has 1 aromatic rings. The van der Waals surface area contributed by atoms with E-state index in [-0.39, 0.29) is 12.0 Å². The SMILES string of the molecule is Cc1ccc(Cl)cc1S(=O)(=O)N(C)C1CCCCC1CN. The van der Waals surface area contributed by atoms with Crippen LogP contribution in [0.1, 0.15) is 31.2 Å². The first kappa shape index (κ1) is 16.7. The lowest BCUT2D eigenvalue weighted by molar-refractivity contribution is 0.204. The van der Waals surface area contributed by atoms with Crippen molar-refractivity contribution in [3.05, 3.63) is 28.8 Å². The van der Waals surface area contributed by atoms with Crippen LogP contribution < -0.4 is 5.73 Å². The van der Waals surface area contributed by atoms with Crippen molar-refractivity contribution in [1.29, 1.82) is 0 Å². The Labute approximate surface area is 132 Å². The number of hydrogen-bond acceptors (Lipinski definition) is 3. The Morgan fingerprint density at radius 1 is 1.33 bits per heavy atom. The number of aryl methyl sites for hydroxylation is 1. The number of benzene rings is 1. The molecular formula is C15H23ClN2O2S. The summed E-state index contributed by atoms with van der Waals surface area (Å²) in [5.74, 6) is 0.234. The molecule has 0 bridgehead atoms. The Balaban J connectivity index is 2.36. The maximum Gasteiger partial charge on any atom is 0.243 e.